The number of hydrogen-bond acceptors (Lipinski definition) is 2. The van der Waals surface area contributed by atoms with E-state index >= 15 is 0 Å². The van der Waals surface area contributed by atoms with Crippen molar-refractivity contribution in [2.45, 2.75) is 46.1 Å². The minimum absolute atomic E-state index is 0.551. The molecule has 0 fully saturated rings. The van der Waals surface area contributed by atoms with E-state index in [-0.39, 0.29) is 0 Å². The molecule has 0 saturated carbocycles. The standard InChI is InChI=1S/C12H23N3/c1-5-10(3)9-11(6-2)13-12-7-8-15(4)14-12/h7-8,10-11H,5-6,9H2,1-4H3,(H,13,14)/t10-,11+/m1/s1. The summed E-state index contributed by atoms with van der Waals surface area (Å²) in [6, 6.07) is 2.58. The molecule has 0 aliphatic heterocycles. The molecule has 1 N–H and O–H groups in total. The van der Waals surface area contributed by atoms with Crippen molar-refractivity contribution < 1.29 is 0 Å². The summed E-state index contributed by atoms with van der Waals surface area (Å²) in [4.78, 5) is 0. The summed E-state index contributed by atoms with van der Waals surface area (Å²) in [7, 11) is 1.95. The van der Waals surface area contributed by atoms with E-state index in [2.05, 4.69) is 31.2 Å². The van der Waals surface area contributed by atoms with Crippen LogP contribution in [0.1, 0.15) is 40.0 Å². The fraction of sp³-hybridized carbons (Fsp3) is 0.750. The van der Waals surface area contributed by atoms with Crippen molar-refractivity contribution in [3.63, 3.8) is 0 Å². The maximum atomic E-state index is 4.34. The maximum absolute atomic E-state index is 4.34. The van der Waals surface area contributed by atoms with Gasteiger partial charge in [-0.3, -0.25) is 4.68 Å². The number of nitrogens with zero attached hydrogens (tertiary/aromatic N) is 2. The Balaban J connectivity index is 2.46. The zero-order chi connectivity index (χ0) is 11.3. The lowest BCUT2D eigenvalue weighted by molar-refractivity contribution is 0.461. The van der Waals surface area contributed by atoms with Gasteiger partial charge in [0, 0.05) is 25.4 Å². The van der Waals surface area contributed by atoms with E-state index in [1.54, 1.807) is 0 Å². The third-order valence-corrected chi connectivity index (χ3v) is 2.94. The Hall–Kier alpha value is -0.990. The number of anilines is 1. The first kappa shape index (κ1) is 12.1. The molecule has 1 aromatic heterocycles. The van der Waals surface area contributed by atoms with Crippen molar-refractivity contribution in [1.82, 2.24) is 9.78 Å². The topological polar surface area (TPSA) is 29.9 Å². The van der Waals surface area contributed by atoms with Gasteiger partial charge in [0.25, 0.3) is 0 Å². The fourth-order valence-electron chi connectivity index (χ4n) is 1.68. The SMILES string of the molecule is CC[C@@H](C)C[C@H](CC)Nc1ccn(C)n1. The number of aryl methyl sites for hydroxylation is 1. The van der Waals surface area contributed by atoms with Crippen LogP contribution >= 0.6 is 0 Å². The summed E-state index contributed by atoms with van der Waals surface area (Å²) >= 11 is 0. The zero-order valence-corrected chi connectivity index (χ0v) is 10.3. The van der Waals surface area contributed by atoms with Gasteiger partial charge in [-0.25, -0.2) is 0 Å². The molecule has 0 bridgehead atoms. The molecular formula is C12H23N3. The van der Waals surface area contributed by atoms with E-state index in [0.717, 1.165) is 18.2 Å². The number of aromatic nitrogens is 2. The van der Waals surface area contributed by atoms with E-state index in [4.69, 9.17) is 0 Å². The minimum Gasteiger partial charge on any atom is -0.366 e. The number of hydrogen-bond donors (Lipinski definition) is 1. The summed E-state index contributed by atoms with van der Waals surface area (Å²) in [6.45, 7) is 6.78. The number of rotatable bonds is 6. The average Bonchev–Trinajstić information content (AvgIpc) is 2.62. The van der Waals surface area contributed by atoms with Crippen LogP contribution in [0.2, 0.25) is 0 Å². The van der Waals surface area contributed by atoms with E-state index < -0.39 is 0 Å². The lowest BCUT2D eigenvalue weighted by Crippen LogP contribution is -2.21. The quantitative estimate of drug-likeness (QED) is 0.780. The average molecular weight is 209 g/mol. The van der Waals surface area contributed by atoms with Crippen LogP contribution in [-0.2, 0) is 7.05 Å². The molecule has 0 aromatic carbocycles. The van der Waals surface area contributed by atoms with E-state index in [1.807, 2.05) is 24.0 Å². The highest BCUT2D eigenvalue weighted by Crippen LogP contribution is 2.15. The first-order valence-corrected chi connectivity index (χ1v) is 5.91. The van der Waals surface area contributed by atoms with Gasteiger partial charge in [0.15, 0.2) is 0 Å². The second kappa shape index (κ2) is 5.79. The second-order valence-corrected chi connectivity index (χ2v) is 4.37. The molecule has 86 valence electrons. The summed E-state index contributed by atoms with van der Waals surface area (Å²) in [6.07, 6.45) is 5.60. The zero-order valence-electron chi connectivity index (χ0n) is 10.3. The van der Waals surface area contributed by atoms with Crippen LogP contribution in [0.25, 0.3) is 0 Å². The Bertz CT molecular complexity index is 280. The summed E-state index contributed by atoms with van der Waals surface area (Å²) < 4.78 is 1.83. The summed E-state index contributed by atoms with van der Waals surface area (Å²) in [5.74, 6) is 1.78. The Kier molecular flexibility index (Phi) is 4.66. The smallest absolute Gasteiger partial charge is 0.148 e. The molecule has 0 amide bonds. The van der Waals surface area contributed by atoms with Crippen LogP contribution in [0.5, 0.6) is 0 Å². The normalized spacial score (nSPS) is 14.9. The Morgan fingerprint density at radius 2 is 2.13 bits per heavy atom. The van der Waals surface area contributed by atoms with Crippen LogP contribution in [-0.4, -0.2) is 15.8 Å². The maximum Gasteiger partial charge on any atom is 0.148 e. The van der Waals surface area contributed by atoms with E-state index in [9.17, 15) is 0 Å². The van der Waals surface area contributed by atoms with Gasteiger partial charge in [0.05, 0.1) is 0 Å². The molecule has 2 atom stereocenters. The lowest BCUT2D eigenvalue weighted by atomic mass is 9.98. The third-order valence-electron chi connectivity index (χ3n) is 2.94. The molecule has 0 unspecified atom stereocenters. The van der Waals surface area contributed by atoms with Crippen LogP contribution < -0.4 is 5.32 Å². The second-order valence-electron chi connectivity index (χ2n) is 4.37. The molecule has 15 heavy (non-hydrogen) atoms. The van der Waals surface area contributed by atoms with Crippen LogP contribution in [0, 0.1) is 5.92 Å². The van der Waals surface area contributed by atoms with Crippen molar-refractivity contribution in [2.24, 2.45) is 13.0 Å². The van der Waals surface area contributed by atoms with Crippen LogP contribution in [0.3, 0.4) is 0 Å². The summed E-state index contributed by atoms with van der Waals surface area (Å²) in [5.41, 5.74) is 0. The van der Waals surface area contributed by atoms with Crippen LogP contribution in [0.15, 0.2) is 12.3 Å². The van der Waals surface area contributed by atoms with Gasteiger partial charge in [-0.15, -0.1) is 0 Å². The van der Waals surface area contributed by atoms with E-state index in [1.165, 1.54) is 12.8 Å². The predicted molar refractivity (Wildman–Crippen MR) is 65.0 cm³/mol. The minimum atomic E-state index is 0.551. The highest BCUT2D eigenvalue weighted by Gasteiger charge is 2.10. The molecule has 0 aliphatic rings. The van der Waals surface area contributed by atoms with Crippen molar-refractivity contribution in [2.75, 3.05) is 5.32 Å². The monoisotopic (exact) mass is 209 g/mol. The molecule has 1 aromatic rings. The van der Waals surface area contributed by atoms with Gasteiger partial charge in [0.2, 0.25) is 0 Å². The fourth-order valence-corrected chi connectivity index (χ4v) is 1.68. The Morgan fingerprint density at radius 3 is 2.60 bits per heavy atom. The lowest BCUT2D eigenvalue weighted by Gasteiger charge is -2.19. The molecule has 0 radical (unpaired) electrons. The highest BCUT2D eigenvalue weighted by atomic mass is 15.3. The van der Waals surface area contributed by atoms with Gasteiger partial charge >= 0.3 is 0 Å². The third kappa shape index (κ3) is 3.94. The van der Waals surface area contributed by atoms with Gasteiger partial charge in [-0.1, -0.05) is 27.2 Å². The van der Waals surface area contributed by atoms with Crippen molar-refractivity contribution >= 4 is 5.82 Å². The van der Waals surface area contributed by atoms with Crippen molar-refractivity contribution in [3.8, 4) is 0 Å². The molecule has 1 rings (SSSR count). The van der Waals surface area contributed by atoms with Gasteiger partial charge in [0.1, 0.15) is 5.82 Å². The molecule has 1 heterocycles. The van der Waals surface area contributed by atoms with Crippen molar-refractivity contribution in [3.05, 3.63) is 12.3 Å². The summed E-state index contributed by atoms with van der Waals surface area (Å²) in [5, 5.41) is 7.82. The first-order valence-electron chi connectivity index (χ1n) is 5.91. The molecule has 3 nitrogen and oxygen atoms in total. The predicted octanol–water partition coefficient (Wildman–Crippen LogP) is 3.05. The Labute approximate surface area is 92.9 Å². The molecule has 3 heteroatoms. The molecule has 0 saturated heterocycles. The largest absolute Gasteiger partial charge is 0.366 e. The van der Waals surface area contributed by atoms with Gasteiger partial charge in [-0.2, -0.15) is 5.10 Å². The van der Waals surface area contributed by atoms with Gasteiger partial charge in [-0.05, 0) is 18.8 Å². The Morgan fingerprint density at radius 1 is 1.40 bits per heavy atom. The van der Waals surface area contributed by atoms with E-state index in [0.29, 0.717) is 6.04 Å². The van der Waals surface area contributed by atoms with Crippen LogP contribution in [0.4, 0.5) is 5.82 Å². The highest BCUT2D eigenvalue weighted by molar-refractivity contribution is 5.33. The molecule has 0 spiro atoms. The first-order chi connectivity index (χ1) is 7.15. The molecular weight excluding hydrogens is 186 g/mol. The van der Waals surface area contributed by atoms with Gasteiger partial charge < -0.3 is 5.32 Å². The molecule has 0 aliphatic carbocycles. The number of nitrogens with one attached hydrogen (secondary N) is 1. The van der Waals surface area contributed by atoms with Crippen molar-refractivity contribution in [1.29, 1.82) is 0 Å².